The molecule has 1 aromatic carbocycles. The molecule has 1 N–H and O–H groups in total. The number of fused-ring (bicyclic) bond motifs is 1. The second-order valence-electron chi connectivity index (χ2n) is 6.49. The van der Waals surface area contributed by atoms with E-state index in [-0.39, 0.29) is 29.7 Å². The van der Waals surface area contributed by atoms with E-state index in [4.69, 9.17) is 4.74 Å². The lowest BCUT2D eigenvalue weighted by molar-refractivity contribution is -0.137. The Bertz CT molecular complexity index is 964. The number of aryl methyl sites for hydroxylation is 1. The molecule has 142 valence electrons. The zero-order valence-corrected chi connectivity index (χ0v) is 15.1. The first-order valence-corrected chi connectivity index (χ1v) is 8.53. The lowest BCUT2D eigenvalue weighted by atomic mass is 10.1. The van der Waals surface area contributed by atoms with Crippen LogP contribution >= 0.6 is 0 Å². The lowest BCUT2D eigenvalue weighted by Gasteiger charge is -2.16. The Morgan fingerprint density at radius 2 is 1.93 bits per heavy atom. The first kappa shape index (κ1) is 18.6. The summed E-state index contributed by atoms with van der Waals surface area (Å²) in [6.45, 7) is -0.626. The first-order chi connectivity index (χ1) is 12.9. The van der Waals surface area contributed by atoms with Gasteiger partial charge in [-0.1, -0.05) is 18.2 Å². The van der Waals surface area contributed by atoms with Gasteiger partial charge in [-0.05, 0) is 18.9 Å². The third-order valence-corrected chi connectivity index (χ3v) is 4.23. The number of nitrogens with zero attached hydrogens (tertiary/aromatic N) is 3. The van der Waals surface area contributed by atoms with Crippen molar-refractivity contribution in [1.82, 2.24) is 20.0 Å². The van der Waals surface area contributed by atoms with Crippen LogP contribution in [0, 0.1) is 0 Å². The van der Waals surface area contributed by atoms with Gasteiger partial charge in [0.1, 0.15) is 0 Å². The Hall–Kier alpha value is -3.23. The molecule has 1 saturated carbocycles. The highest BCUT2D eigenvalue weighted by atomic mass is 16.5. The SMILES string of the molecule is CN(CC(=O)NC1CC1)C(=O)COC(=O)c1nn(C)c(=O)c2ccccc12. The van der Waals surface area contributed by atoms with E-state index in [0.29, 0.717) is 10.8 Å². The largest absolute Gasteiger partial charge is 0.451 e. The maximum atomic E-state index is 12.4. The number of nitrogens with one attached hydrogen (secondary N) is 1. The molecule has 1 aromatic heterocycles. The van der Waals surface area contributed by atoms with Crippen molar-refractivity contribution in [3.05, 3.63) is 40.3 Å². The highest BCUT2D eigenvalue weighted by Crippen LogP contribution is 2.18. The van der Waals surface area contributed by atoms with Gasteiger partial charge in [0.15, 0.2) is 12.3 Å². The number of likely N-dealkylation sites (N-methyl/N-ethyl adjacent to an activating group) is 1. The van der Waals surface area contributed by atoms with Crippen molar-refractivity contribution in [1.29, 1.82) is 0 Å². The number of rotatable bonds is 6. The average molecular weight is 372 g/mol. The summed E-state index contributed by atoms with van der Waals surface area (Å²) in [4.78, 5) is 49.5. The quantitative estimate of drug-likeness (QED) is 0.705. The summed E-state index contributed by atoms with van der Waals surface area (Å²) in [6.07, 6.45) is 1.92. The fourth-order valence-corrected chi connectivity index (χ4v) is 2.56. The number of hydrogen-bond donors (Lipinski definition) is 1. The third-order valence-electron chi connectivity index (χ3n) is 4.23. The van der Waals surface area contributed by atoms with Crippen LogP contribution in [0.5, 0.6) is 0 Å². The lowest BCUT2D eigenvalue weighted by Crippen LogP contribution is -2.40. The Morgan fingerprint density at radius 3 is 2.59 bits per heavy atom. The van der Waals surface area contributed by atoms with Crippen molar-refractivity contribution in [2.24, 2.45) is 7.05 Å². The number of ether oxygens (including phenoxy) is 1. The first-order valence-electron chi connectivity index (χ1n) is 8.53. The summed E-state index contributed by atoms with van der Waals surface area (Å²) in [5.74, 6) is -1.57. The molecule has 27 heavy (non-hydrogen) atoms. The molecular formula is C18H20N4O5. The van der Waals surface area contributed by atoms with Crippen LogP contribution in [0.3, 0.4) is 0 Å². The molecule has 2 aromatic rings. The Kier molecular flexibility index (Phi) is 5.20. The molecule has 1 aliphatic rings. The van der Waals surface area contributed by atoms with Gasteiger partial charge in [-0.3, -0.25) is 14.4 Å². The number of esters is 1. The molecular weight excluding hydrogens is 352 g/mol. The number of carbonyl (C=O) groups is 3. The second-order valence-corrected chi connectivity index (χ2v) is 6.49. The predicted octanol–water partition coefficient (Wildman–Crippen LogP) is -0.173. The average Bonchev–Trinajstić information content (AvgIpc) is 3.46. The van der Waals surface area contributed by atoms with Crippen molar-refractivity contribution in [3.63, 3.8) is 0 Å². The molecule has 9 nitrogen and oxygen atoms in total. The maximum absolute atomic E-state index is 12.4. The highest BCUT2D eigenvalue weighted by Gasteiger charge is 2.25. The fourth-order valence-electron chi connectivity index (χ4n) is 2.56. The van der Waals surface area contributed by atoms with Gasteiger partial charge in [0.25, 0.3) is 11.5 Å². The molecule has 0 radical (unpaired) electrons. The summed E-state index contributed by atoms with van der Waals surface area (Å²) < 4.78 is 6.10. The molecule has 0 atom stereocenters. The van der Waals surface area contributed by atoms with E-state index in [1.807, 2.05) is 0 Å². The van der Waals surface area contributed by atoms with E-state index in [0.717, 1.165) is 17.5 Å². The summed E-state index contributed by atoms with van der Waals surface area (Å²) in [5, 5.41) is 7.42. The van der Waals surface area contributed by atoms with Gasteiger partial charge in [0.05, 0.1) is 11.9 Å². The van der Waals surface area contributed by atoms with Crippen LogP contribution in [0.15, 0.2) is 29.1 Å². The maximum Gasteiger partial charge on any atom is 0.359 e. The zero-order valence-electron chi connectivity index (χ0n) is 15.1. The second kappa shape index (κ2) is 7.56. The van der Waals surface area contributed by atoms with E-state index in [1.165, 1.54) is 19.0 Å². The van der Waals surface area contributed by atoms with Gasteiger partial charge in [-0.25, -0.2) is 9.48 Å². The van der Waals surface area contributed by atoms with Gasteiger partial charge in [-0.2, -0.15) is 5.10 Å². The third kappa shape index (κ3) is 4.30. The molecule has 0 bridgehead atoms. The van der Waals surface area contributed by atoms with Crippen LogP contribution in [0.25, 0.3) is 10.8 Å². The minimum Gasteiger partial charge on any atom is -0.451 e. The van der Waals surface area contributed by atoms with Gasteiger partial charge in [-0.15, -0.1) is 0 Å². The van der Waals surface area contributed by atoms with E-state index in [9.17, 15) is 19.2 Å². The summed E-state index contributed by atoms with van der Waals surface area (Å²) in [6, 6.07) is 6.76. The standard InChI is InChI=1S/C18H20N4O5/c1-21(9-14(23)19-11-7-8-11)15(24)10-27-18(26)16-12-5-3-4-6-13(12)17(25)22(2)20-16/h3-6,11H,7-10H2,1-2H3,(H,19,23). The number of amides is 2. The molecule has 1 aliphatic carbocycles. The molecule has 0 aliphatic heterocycles. The number of benzene rings is 1. The molecule has 3 rings (SSSR count). The van der Waals surface area contributed by atoms with Crippen molar-refractivity contribution < 1.29 is 19.1 Å². The van der Waals surface area contributed by atoms with Crippen molar-refractivity contribution in [2.75, 3.05) is 20.2 Å². The number of hydrogen-bond acceptors (Lipinski definition) is 6. The van der Waals surface area contributed by atoms with E-state index in [2.05, 4.69) is 10.4 Å². The monoisotopic (exact) mass is 372 g/mol. The molecule has 9 heteroatoms. The summed E-state index contributed by atoms with van der Waals surface area (Å²) in [5.41, 5.74) is -0.380. The van der Waals surface area contributed by atoms with Crippen molar-refractivity contribution in [2.45, 2.75) is 18.9 Å². The topological polar surface area (TPSA) is 111 Å². The van der Waals surface area contributed by atoms with Crippen molar-refractivity contribution >= 4 is 28.6 Å². The predicted molar refractivity (Wildman–Crippen MR) is 96.1 cm³/mol. The minimum atomic E-state index is -0.814. The van der Waals surface area contributed by atoms with Crippen LogP contribution in [-0.4, -0.2) is 58.7 Å². The van der Waals surface area contributed by atoms with E-state index >= 15 is 0 Å². The summed E-state index contributed by atoms with van der Waals surface area (Å²) >= 11 is 0. The fraction of sp³-hybridized carbons (Fsp3) is 0.389. The van der Waals surface area contributed by atoms with Crippen LogP contribution in [-0.2, 0) is 21.4 Å². The highest BCUT2D eigenvalue weighted by molar-refractivity contribution is 6.02. The zero-order chi connectivity index (χ0) is 19.6. The molecule has 1 fully saturated rings. The number of aromatic nitrogens is 2. The van der Waals surface area contributed by atoms with Gasteiger partial charge >= 0.3 is 5.97 Å². The van der Waals surface area contributed by atoms with Gasteiger partial charge in [0, 0.05) is 25.5 Å². The van der Waals surface area contributed by atoms with Crippen molar-refractivity contribution in [3.8, 4) is 0 Å². The summed E-state index contributed by atoms with van der Waals surface area (Å²) in [7, 11) is 2.89. The Morgan fingerprint density at radius 1 is 1.26 bits per heavy atom. The smallest absolute Gasteiger partial charge is 0.359 e. The van der Waals surface area contributed by atoms with Crippen LogP contribution in [0.2, 0.25) is 0 Å². The van der Waals surface area contributed by atoms with Crippen LogP contribution in [0.1, 0.15) is 23.3 Å². The number of carbonyl (C=O) groups excluding carboxylic acids is 3. The van der Waals surface area contributed by atoms with Crippen LogP contribution < -0.4 is 10.9 Å². The molecule has 2 amide bonds. The Balaban J connectivity index is 1.64. The normalized spacial score (nSPS) is 13.3. The molecule has 0 unspecified atom stereocenters. The molecule has 0 spiro atoms. The van der Waals surface area contributed by atoms with Gasteiger partial charge < -0.3 is 15.0 Å². The van der Waals surface area contributed by atoms with Gasteiger partial charge in [0.2, 0.25) is 5.91 Å². The van der Waals surface area contributed by atoms with E-state index < -0.39 is 18.5 Å². The molecule has 0 saturated heterocycles. The molecule has 1 heterocycles. The minimum absolute atomic E-state index is 0.0466. The van der Waals surface area contributed by atoms with Crippen LogP contribution in [0.4, 0.5) is 0 Å². The Labute approximate surface area is 154 Å². The van der Waals surface area contributed by atoms with E-state index in [1.54, 1.807) is 24.3 Å².